The largest absolute Gasteiger partial charge is 0.478 e. The topological polar surface area (TPSA) is 81.2 Å². The van der Waals surface area contributed by atoms with Crippen molar-refractivity contribution in [1.82, 2.24) is 14.8 Å². The molecule has 0 amide bonds. The number of benzene rings is 1. The Morgan fingerprint density at radius 2 is 2.28 bits per heavy atom. The van der Waals surface area contributed by atoms with Crippen molar-refractivity contribution in [3.8, 4) is 11.5 Å². The lowest BCUT2D eigenvalue weighted by Gasteiger charge is -1.91. The van der Waals surface area contributed by atoms with Crippen molar-refractivity contribution < 1.29 is 14.3 Å². The second-order valence-corrected chi connectivity index (χ2v) is 3.91. The Bertz CT molecular complexity index is 742. The van der Waals surface area contributed by atoms with Crippen LogP contribution in [0.15, 0.2) is 35.0 Å². The normalized spacial score (nSPS) is 10.9. The molecule has 0 saturated heterocycles. The number of nitrogens with zero attached hydrogens (tertiary/aromatic N) is 3. The third-order valence-electron chi connectivity index (χ3n) is 2.59. The molecule has 18 heavy (non-hydrogen) atoms. The minimum Gasteiger partial charge on any atom is -0.478 e. The van der Waals surface area contributed by atoms with Gasteiger partial charge in [0.2, 0.25) is 5.89 Å². The van der Waals surface area contributed by atoms with Crippen LogP contribution < -0.4 is 0 Å². The van der Waals surface area contributed by atoms with Gasteiger partial charge in [0.25, 0.3) is 0 Å². The maximum Gasteiger partial charge on any atom is 0.335 e. The molecule has 0 aliphatic carbocycles. The van der Waals surface area contributed by atoms with Crippen molar-refractivity contribution in [2.75, 3.05) is 0 Å². The summed E-state index contributed by atoms with van der Waals surface area (Å²) in [7, 11) is 1.80. The van der Waals surface area contributed by atoms with Crippen molar-refractivity contribution in [1.29, 1.82) is 0 Å². The molecule has 90 valence electrons. The first-order valence-electron chi connectivity index (χ1n) is 5.26. The number of rotatable bonds is 2. The van der Waals surface area contributed by atoms with E-state index in [1.165, 1.54) is 12.1 Å². The Morgan fingerprint density at radius 1 is 1.44 bits per heavy atom. The van der Waals surface area contributed by atoms with E-state index < -0.39 is 5.97 Å². The standard InChI is InChI=1S/C12H9N3O3/c1-15-6-8(5-13-15)11-14-9-3-2-7(12(16)17)4-10(9)18-11/h2-6H,1H3,(H,16,17). The van der Waals surface area contributed by atoms with Gasteiger partial charge >= 0.3 is 5.97 Å². The lowest BCUT2D eigenvalue weighted by atomic mass is 10.2. The van der Waals surface area contributed by atoms with Gasteiger partial charge in [0.15, 0.2) is 5.58 Å². The van der Waals surface area contributed by atoms with Crippen LogP contribution in [0.2, 0.25) is 0 Å². The molecule has 2 aromatic heterocycles. The number of aromatic carboxylic acids is 1. The van der Waals surface area contributed by atoms with E-state index in [0.717, 1.165) is 5.56 Å². The van der Waals surface area contributed by atoms with Crippen LogP contribution in [0, 0.1) is 0 Å². The molecular formula is C12H9N3O3. The Hall–Kier alpha value is -2.63. The van der Waals surface area contributed by atoms with Gasteiger partial charge in [-0.2, -0.15) is 5.10 Å². The minimum atomic E-state index is -0.990. The summed E-state index contributed by atoms with van der Waals surface area (Å²) < 4.78 is 7.18. The summed E-state index contributed by atoms with van der Waals surface area (Å²) >= 11 is 0. The number of fused-ring (bicyclic) bond motifs is 1. The summed E-state index contributed by atoms with van der Waals surface area (Å²) in [6.07, 6.45) is 3.42. The highest BCUT2D eigenvalue weighted by Gasteiger charge is 2.12. The molecule has 0 fully saturated rings. The van der Waals surface area contributed by atoms with E-state index in [2.05, 4.69) is 10.1 Å². The molecule has 2 heterocycles. The van der Waals surface area contributed by atoms with Crippen molar-refractivity contribution >= 4 is 17.1 Å². The Labute approximate surface area is 101 Å². The van der Waals surface area contributed by atoms with Gasteiger partial charge in [0.1, 0.15) is 5.52 Å². The highest BCUT2D eigenvalue weighted by molar-refractivity contribution is 5.92. The van der Waals surface area contributed by atoms with Crippen molar-refractivity contribution in [2.45, 2.75) is 0 Å². The molecule has 0 aliphatic heterocycles. The molecule has 3 aromatic rings. The number of hydrogen-bond acceptors (Lipinski definition) is 4. The molecule has 0 radical (unpaired) electrons. The summed E-state index contributed by atoms with van der Waals surface area (Å²) in [4.78, 5) is 15.1. The fourth-order valence-corrected chi connectivity index (χ4v) is 1.71. The van der Waals surface area contributed by atoms with Gasteiger partial charge in [-0.05, 0) is 18.2 Å². The summed E-state index contributed by atoms with van der Waals surface area (Å²) in [6.45, 7) is 0. The molecule has 0 unspecified atom stereocenters. The molecular weight excluding hydrogens is 234 g/mol. The molecule has 0 bridgehead atoms. The van der Waals surface area contributed by atoms with E-state index in [0.29, 0.717) is 17.0 Å². The number of aryl methyl sites for hydroxylation is 1. The van der Waals surface area contributed by atoms with E-state index in [4.69, 9.17) is 9.52 Å². The first-order valence-corrected chi connectivity index (χ1v) is 5.26. The van der Waals surface area contributed by atoms with E-state index in [1.54, 1.807) is 30.2 Å². The Balaban J connectivity index is 2.13. The molecule has 1 aromatic carbocycles. The fraction of sp³-hybridized carbons (Fsp3) is 0.0833. The van der Waals surface area contributed by atoms with Crippen molar-refractivity contribution in [3.63, 3.8) is 0 Å². The minimum absolute atomic E-state index is 0.177. The number of carbonyl (C=O) groups is 1. The zero-order valence-corrected chi connectivity index (χ0v) is 9.49. The van der Waals surface area contributed by atoms with Crippen LogP contribution in [0.4, 0.5) is 0 Å². The molecule has 1 N–H and O–H groups in total. The van der Waals surface area contributed by atoms with Gasteiger partial charge in [-0.1, -0.05) is 0 Å². The second-order valence-electron chi connectivity index (χ2n) is 3.91. The van der Waals surface area contributed by atoms with Gasteiger partial charge in [0.05, 0.1) is 17.3 Å². The number of carboxylic acid groups (broad SMARTS) is 1. The number of hydrogen-bond donors (Lipinski definition) is 1. The first-order chi connectivity index (χ1) is 8.63. The molecule has 0 spiro atoms. The van der Waals surface area contributed by atoms with Crippen LogP contribution in [0.3, 0.4) is 0 Å². The Kier molecular flexibility index (Phi) is 2.16. The highest BCUT2D eigenvalue weighted by Crippen LogP contribution is 2.24. The fourth-order valence-electron chi connectivity index (χ4n) is 1.71. The Morgan fingerprint density at radius 3 is 2.94 bits per heavy atom. The van der Waals surface area contributed by atoms with E-state index in [9.17, 15) is 4.79 Å². The van der Waals surface area contributed by atoms with Gasteiger partial charge < -0.3 is 9.52 Å². The van der Waals surface area contributed by atoms with Crippen LogP contribution in [-0.4, -0.2) is 25.8 Å². The highest BCUT2D eigenvalue weighted by atomic mass is 16.4. The molecule has 3 rings (SSSR count). The van der Waals surface area contributed by atoms with Crippen LogP contribution in [0.1, 0.15) is 10.4 Å². The monoisotopic (exact) mass is 243 g/mol. The molecule has 6 nitrogen and oxygen atoms in total. The van der Waals surface area contributed by atoms with Crippen molar-refractivity contribution in [3.05, 3.63) is 36.2 Å². The molecule has 0 saturated carbocycles. The first kappa shape index (κ1) is 10.5. The molecule has 0 atom stereocenters. The zero-order chi connectivity index (χ0) is 12.7. The van der Waals surface area contributed by atoms with E-state index in [-0.39, 0.29) is 5.56 Å². The van der Waals surface area contributed by atoms with Crippen LogP contribution in [0.25, 0.3) is 22.6 Å². The summed E-state index contributed by atoms with van der Waals surface area (Å²) in [6, 6.07) is 4.59. The summed E-state index contributed by atoms with van der Waals surface area (Å²) in [5.41, 5.74) is 2.01. The second kappa shape index (κ2) is 3.69. The lowest BCUT2D eigenvalue weighted by Crippen LogP contribution is -1.94. The SMILES string of the molecule is Cn1cc(-c2nc3ccc(C(=O)O)cc3o2)cn1. The van der Waals surface area contributed by atoms with E-state index >= 15 is 0 Å². The number of aromatic nitrogens is 3. The van der Waals surface area contributed by atoms with Crippen LogP contribution >= 0.6 is 0 Å². The van der Waals surface area contributed by atoms with E-state index in [1.807, 2.05) is 0 Å². The third kappa shape index (κ3) is 1.64. The van der Waals surface area contributed by atoms with Gasteiger partial charge in [-0.25, -0.2) is 9.78 Å². The van der Waals surface area contributed by atoms with Gasteiger partial charge in [-0.3, -0.25) is 4.68 Å². The predicted molar refractivity (Wildman–Crippen MR) is 63.2 cm³/mol. The van der Waals surface area contributed by atoms with Gasteiger partial charge in [0, 0.05) is 13.2 Å². The number of carboxylic acids is 1. The van der Waals surface area contributed by atoms with Crippen LogP contribution in [-0.2, 0) is 7.05 Å². The third-order valence-corrected chi connectivity index (χ3v) is 2.59. The maximum absolute atomic E-state index is 10.8. The average Bonchev–Trinajstić information content (AvgIpc) is 2.93. The number of oxazole rings is 1. The quantitative estimate of drug-likeness (QED) is 0.743. The van der Waals surface area contributed by atoms with Gasteiger partial charge in [-0.15, -0.1) is 0 Å². The summed E-state index contributed by atoms with van der Waals surface area (Å²) in [5.74, 6) is -0.558. The van der Waals surface area contributed by atoms with Crippen LogP contribution in [0.5, 0.6) is 0 Å². The summed E-state index contributed by atoms with van der Waals surface area (Å²) in [5, 5.41) is 12.9. The molecule has 6 heteroatoms. The maximum atomic E-state index is 10.8. The predicted octanol–water partition coefficient (Wildman–Crippen LogP) is 1.93. The molecule has 0 aliphatic rings. The smallest absolute Gasteiger partial charge is 0.335 e. The lowest BCUT2D eigenvalue weighted by molar-refractivity contribution is 0.0697. The van der Waals surface area contributed by atoms with Crippen molar-refractivity contribution in [2.24, 2.45) is 7.05 Å². The average molecular weight is 243 g/mol. The zero-order valence-electron chi connectivity index (χ0n) is 9.49.